The van der Waals surface area contributed by atoms with Crippen LogP contribution in [0.15, 0.2) is 0 Å². The molecule has 0 heterocycles. The monoisotopic (exact) mass is 463 g/mol. The molecule has 0 aromatic heterocycles. The molecule has 0 rings (SSSR count). The topological polar surface area (TPSA) is 153 Å². The van der Waals surface area contributed by atoms with Crippen LogP contribution in [0.1, 0.15) is 71.1 Å². The van der Waals surface area contributed by atoms with Crippen molar-refractivity contribution < 1.29 is 66.0 Å². The minimum atomic E-state index is -5.39. The van der Waals surface area contributed by atoms with Crippen LogP contribution in [0, 0.1) is 0 Å². The van der Waals surface area contributed by atoms with Crippen LogP contribution in [-0.4, -0.2) is 95.1 Å². The molecule has 0 aromatic rings. The Kier molecular flexibility index (Phi) is 39.9. The fourth-order valence-corrected chi connectivity index (χ4v) is 2.07. The summed E-state index contributed by atoms with van der Waals surface area (Å²) in [6, 6.07) is 0. The van der Waals surface area contributed by atoms with Gasteiger partial charge in [-0.3, -0.25) is 4.18 Å². The van der Waals surface area contributed by atoms with Gasteiger partial charge in [-0.2, -0.15) is 7.82 Å². The number of phosphoric acid groups is 1. The van der Waals surface area contributed by atoms with Crippen molar-refractivity contribution in [1.82, 2.24) is 0 Å². The molecule has 0 aromatic carbocycles. The molecule has 0 radical (unpaired) electrons. The Morgan fingerprint density at radius 2 is 1.08 bits per heavy atom. The third-order valence-corrected chi connectivity index (χ3v) is 3.18. The van der Waals surface area contributed by atoms with E-state index in [-0.39, 0.29) is 112 Å². The number of rotatable bonds is 12. The van der Waals surface area contributed by atoms with Crippen molar-refractivity contribution in [2.75, 3.05) is 6.61 Å². The summed E-state index contributed by atoms with van der Waals surface area (Å²) in [6.45, 7) is 2.24. The first-order valence-corrected chi connectivity index (χ1v) is 10.2. The zero-order chi connectivity index (χ0) is 17.5. The van der Waals surface area contributed by atoms with Crippen molar-refractivity contribution in [3.8, 4) is 0 Å². The molecule has 0 aliphatic carbocycles. The van der Waals surface area contributed by atoms with Gasteiger partial charge < -0.3 is 23.8 Å². The van der Waals surface area contributed by atoms with Gasteiger partial charge in [-0.25, -0.2) is 8.42 Å². The van der Waals surface area contributed by atoms with Gasteiger partial charge in [0.15, 0.2) is 0 Å². The first kappa shape index (κ1) is 39.0. The molecule has 0 saturated carbocycles. The summed E-state index contributed by atoms with van der Waals surface area (Å²) < 4.78 is 43.0. The molecule has 0 fully saturated rings. The van der Waals surface area contributed by atoms with Gasteiger partial charge in [0.1, 0.15) is 0 Å². The van der Waals surface area contributed by atoms with Crippen LogP contribution in [0.2, 0.25) is 0 Å². The molecule has 0 atom stereocenters. The Bertz CT molecular complexity index is 386. The molecular formula is C12H25Ca2NaO8PS+. The maximum absolute atomic E-state index is 10.1. The van der Waals surface area contributed by atoms with Crippen molar-refractivity contribution >= 4 is 93.7 Å². The quantitative estimate of drug-likeness (QED) is 0.0964. The second kappa shape index (κ2) is 25.5. The normalized spacial score (nSPS) is 10.4. The number of unbranched alkanes of at least 4 members (excludes halogenated alkanes) is 9. The Labute approximate surface area is 233 Å². The van der Waals surface area contributed by atoms with Crippen LogP contribution in [-0.2, 0) is 19.1 Å². The number of hydrogen-bond acceptors (Lipinski definition) is 8. The maximum Gasteiger partial charge on any atom is 2.00 e. The Morgan fingerprint density at radius 1 is 0.800 bits per heavy atom. The van der Waals surface area contributed by atoms with Crippen LogP contribution in [0.4, 0.5) is 0 Å². The van der Waals surface area contributed by atoms with E-state index in [4.69, 9.17) is 19.2 Å². The van der Waals surface area contributed by atoms with Crippen LogP contribution in [0.5, 0.6) is 0 Å². The Hall–Kier alpha value is 3.50. The molecule has 25 heavy (non-hydrogen) atoms. The van der Waals surface area contributed by atoms with Gasteiger partial charge in [-0.1, -0.05) is 64.7 Å². The molecule has 13 heteroatoms. The predicted molar refractivity (Wildman–Crippen MR) is 86.6 cm³/mol. The first-order chi connectivity index (χ1) is 10.1. The SMILES string of the molecule is CCCCCCCCCCCCOS(=O)(=O)[O-].O=P([O-])([O-])[O-].[Ca+2].[Ca+2].[Na+]. The molecule has 0 bridgehead atoms. The third kappa shape index (κ3) is 58.4. The molecule has 0 unspecified atom stereocenters. The standard InChI is InChI=1S/C12H26O4S.2Ca.Na.H3O4P/c1-2-3-4-5-6-7-8-9-10-11-12-16-17(13,14)15;;;;1-5(2,3)4/h2-12H2,1H3,(H,13,14,15);;;;(H3,1,2,3,4)/q;2*+2;+1;/p-4. The second-order valence-corrected chi connectivity index (χ2v) is 6.81. The largest absolute Gasteiger partial charge is 2.00 e. The average Bonchev–Trinajstić information content (AvgIpc) is 2.32. The fraction of sp³-hybridized carbons (Fsp3) is 1.00. The van der Waals surface area contributed by atoms with E-state index < -0.39 is 18.2 Å². The van der Waals surface area contributed by atoms with E-state index in [0.717, 1.165) is 12.8 Å². The Balaban J connectivity index is -0.000000147. The molecule has 136 valence electrons. The van der Waals surface area contributed by atoms with Gasteiger partial charge in [0.25, 0.3) is 0 Å². The summed E-state index contributed by atoms with van der Waals surface area (Å²) in [5.74, 6) is 0. The van der Waals surface area contributed by atoms with Gasteiger partial charge in [-0.05, 0) is 6.42 Å². The van der Waals surface area contributed by atoms with Crippen LogP contribution in [0.3, 0.4) is 0 Å². The van der Waals surface area contributed by atoms with E-state index in [2.05, 4.69) is 11.1 Å². The first-order valence-electron chi connectivity index (χ1n) is 7.39. The minimum Gasteiger partial charge on any atom is -0.822 e. The molecule has 0 amide bonds. The molecule has 0 saturated heterocycles. The fourth-order valence-electron chi connectivity index (χ4n) is 1.75. The van der Waals surface area contributed by atoms with Gasteiger partial charge in [-0.15, -0.1) is 0 Å². The summed E-state index contributed by atoms with van der Waals surface area (Å²) in [6.07, 6.45) is 11.7. The zero-order valence-electron chi connectivity index (χ0n) is 15.3. The predicted octanol–water partition coefficient (Wildman–Crippen LogP) is -3.20. The van der Waals surface area contributed by atoms with E-state index in [0.29, 0.717) is 6.42 Å². The maximum atomic E-state index is 10.1. The minimum absolute atomic E-state index is 0. The van der Waals surface area contributed by atoms with E-state index in [1.54, 1.807) is 0 Å². The summed E-state index contributed by atoms with van der Waals surface area (Å²) in [4.78, 5) is 25.6. The second-order valence-electron chi connectivity index (χ2n) is 4.86. The van der Waals surface area contributed by atoms with Gasteiger partial charge in [0.05, 0.1) is 6.61 Å². The van der Waals surface area contributed by atoms with Crippen molar-refractivity contribution in [2.24, 2.45) is 0 Å². The van der Waals surface area contributed by atoms with Crippen molar-refractivity contribution in [3.05, 3.63) is 0 Å². The summed E-state index contributed by atoms with van der Waals surface area (Å²) in [7, 11) is -9.87. The Morgan fingerprint density at radius 3 is 1.36 bits per heavy atom. The van der Waals surface area contributed by atoms with Gasteiger partial charge in [0, 0.05) is 0 Å². The molecule has 0 aliphatic heterocycles. The smallest absolute Gasteiger partial charge is 0.822 e. The van der Waals surface area contributed by atoms with Crippen molar-refractivity contribution in [1.29, 1.82) is 0 Å². The summed E-state index contributed by atoms with van der Waals surface area (Å²) in [5, 5.41) is 0. The van der Waals surface area contributed by atoms with E-state index in [1.165, 1.54) is 44.9 Å². The zero-order valence-corrected chi connectivity index (χ0v) is 23.4. The average molecular weight is 464 g/mol. The van der Waals surface area contributed by atoms with E-state index >= 15 is 0 Å². The van der Waals surface area contributed by atoms with Crippen molar-refractivity contribution in [3.63, 3.8) is 0 Å². The van der Waals surface area contributed by atoms with E-state index in [9.17, 15) is 13.0 Å². The molecule has 0 N–H and O–H groups in total. The summed E-state index contributed by atoms with van der Waals surface area (Å²) >= 11 is 0. The van der Waals surface area contributed by atoms with Gasteiger partial charge in [0.2, 0.25) is 10.4 Å². The molecule has 0 aliphatic rings. The number of hydrogen-bond donors (Lipinski definition) is 0. The van der Waals surface area contributed by atoms with Crippen LogP contribution in [0.25, 0.3) is 0 Å². The van der Waals surface area contributed by atoms with E-state index in [1.807, 2.05) is 0 Å². The third-order valence-electron chi connectivity index (χ3n) is 2.73. The van der Waals surface area contributed by atoms with Crippen LogP contribution < -0.4 is 44.2 Å². The molecule has 8 nitrogen and oxygen atoms in total. The van der Waals surface area contributed by atoms with Crippen molar-refractivity contribution in [2.45, 2.75) is 71.1 Å². The molecular weight excluding hydrogens is 438 g/mol. The van der Waals surface area contributed by atoms with Crippen LogP contribution >= 0.6 is 7.82 Å². The summed E-state index contributed by atoms with van der Waals surface area (Å²) in [5.41, 5.74) is 0. The molecule has 0 spiro atoms. The van der Waals surface area contributed by atoms with Gasteiger partial charge >= 0.3 is 105 Å².